The van der Waals surface area contributed by atoms with Crippen LogP contribution in [0.15, 0.2) is 35.1 Å². The van der Waals surface area contributed by atoms with Crippen LogP contribution in [0.4, 0.5) is 11.6 Å². The number of methoxy groups -OCH3 is 1. The average molecular weight is 336 g/mol. The van der Waals surface area contributed by atoms with Crippen LogP contribution in [0.2, 0.25) is 0 Å². The molecule has 1 aliphatic carbocycles. The van der Waals surface area contributed by atoms with Gasteiger partial charge < -0.3 is 14.6 Å². The highest BCUT2D eigenvalue weighted by Crippen LogP contribution is 2.33. The van der Waals surface area contributed by atoms with Gasteiger partial charge in [-0.2, -0.15) is 0 Å². The number of aromatic nitrogens is 2. The van der Waals surface area contributed by atoms with Gasteiger partial charge in [0.1, 0.15) is 5.75 Å². The molecule has 4 nitrogen and oxygen atoms in total. The summed E-state index contributed by atoms with van der Waals surface area (Å²) >= 11 is 3.46. The average Bonchev–Trinajstić information content (AvgIpc) is 3.11. The number of nitrogens with zero attached hydrogens (tertiary/aromatic N) is 2. The van der Waals surface area contributed by atoms with Crippen molar-refractivity contribution in [3.63, 3.8) is 0 Å². The van der Waals surface area contributed by atoms with Crippen LogP contribution >= 0.6 is 15.9 Å². The predicted octanol–water partition coefficient (Wildman–Crippen LogP) is 4.51. The minimum atomic E-state index is 0.581. The zero-order valence-electron chi connectivity index (χ0n) is 11.5. The smallest absolute Gasteiger partial charge is 0.207 e. The van der Waals surface area contributed by atoms with E-state index in [-0.39, 0.29) is 0 Å². The van der Waals surface area contributed by atoms with E-state index in [1.54, 1.807) is 7.11 Å². The number of rotatable bonds is 4. The largest absolute Gasteiger partial charge is 0.495 e. The molecule has 2 aromatic rings. The highest BCUT2D eigenvalue weighted by Gasteiger charge is 2.19. The van der Waals surface area contributed by atoms with Crippen LogP contribution < -0.4 is 10.1 Å². The van der Waals surface area contributed by atoms with Gasteiger partial charge in [0.2, 0.25) is 5.95 Å². The summed E-state index contributed by atoms with van der Waals surface area (Å²) in [6.07, 6.45) is 9.04. The van der Waals surface area contributed by atoms with E-state index in [1.165, 1.54) is 25.7 Å². The Morgan fingerprint density at radius 3 is 2.90 bits per heavy atom. The summed E-state index contributed by atoms with van der Waals surface area (Å²) in [5.74, 6) is 1.72. The summed E-state index contributed by atoms with van der Waals surface area (Å²) in [7, 11) is 1.67. The van der Waals surface area contributed by atoms with Crippen molar-refractivity contribution < 1.29 is 4.74 Å². The fourth-order valence-corrected chi connectivity index (χ4v) is 3.16. The number of hydrogen-bond donors (Lipinski definition) is 1. The second kappa shape index (κ2) is 5.87. The maximum atomic E-state index is 5.32. The molecule has 0 atom stereocenters. The van der Waals surface area contributed by atoms with Crippen molar-refractivity contribution in [2.24, 2.45) is 0 Å². The highest BCUT2D eigenvalue weighted by molar-refractivity contribution is 9.10. The quantitative estimate of drug-likeness (QED) is 0.893. The first-order valence-corrected chi connectivity index (χ1v) is 7.70. The molecule has 1 N–H and O–H groups in total. The fraction of sp³-hybridized carbons (Fsp3) is 0.400. The van der Waals surface area contributed by atoms with Gasteiger partial charge >= 0.3 is 0 Å². The van der Waals surface area contributed by atoms with E-state index in [0.717, 1.165) is 21.9 Å². The maximum absolute atomic E-state index is 5.32. The lowest BCUT2D eigenvalue weighted by atomic mass is 10.2. The minimum absolute atomic E-state index is 0.581. The molecule has 20 heavy (non-hydrogen) atoms. The molecule has 106 valence electrons. The molecule has 0 radical (unpaired) electrons. The molecule has 1 fully saturated rings. The summed E-state index contributed by atoms with van der Waals surface area (Å²) in [6.45, 7) is 0. The van der Waals surface area contributed by atoms with Crippen LogP contribution in [0.3, 0.4) is 0 Å². The van der Waals surface area contributed by atoms with Crippen LogP contribution in [0.25, 0.3) is 0 Å². The molecule has 1 aliphatic rings. The van der Waals surface area contributed by atoms with Crippen molar-refractivity contribution in [3.8, 4) is 5.75 Å². The summed E-state index contributed by atoms with van der Waals surface area (Å²) < 4.78 is 8.52. The summed E-state index contributed by atoms with van der Waals surface area (Å²) in [5.41, 5.74) is 0.982. The fourth-order valence-electron chi connectivity index (χ4n) is 2.75. The topological polar surface area (TPSA) is 39.1 Å². The number of imidazole rings is 1. The van der Waals surface area contributed by atoms with E-state index in [2.05, 4.69) is 37.0 Å². The molecule has 3 rings (SSSR count). The molecule has 5 heteroatoms. The van der Waals surface area contributed by atoms with Crippen molar-refractivity contribution in [2.45, 2.75) is 31.7 Å². The summed E-state index contributed by atoms with van der Waals surface area (Å²) in [4.78, 5) is 4.43. The third-order valence-corrected chi connectivity index (χ3v) is 4.45. The van der Waals surface area contributed by atoms with E-state index in [9.17, 15) is 0 Å². The third kappa shape index (κ3) is 2.68. The predicted molar refractivity (Wildman–Crippen MR) is 83.7 cm³/mol. The number of halogens is 1. The molecule has 0 saturated heterocycles. The van der Waals surface area contributed by atoms with E-state index in [4.69, 9.17) is 4.74 Å². The lowest BCUT2D eigenvalue weighted by Crippen LogP contribution is -2.07. The van der Waals surface area contributed by atoms with Gasteiger partial charge in [-0.3, -0.25) is 0 Å². The van der Waals surface area contributed by atoms with Gasteiger partial charge in [-0.25, -0.2) is 4.98 Å². The van der Waals surface area contributed by atoms with Crippen LogP contribution in [0, 0.1) is 0 Å². The van der Waals surface area contributed by atoms with Crippen molar-refractivity contribution in [1.82, 2.24) is 9.55 Å². The van der Waals surface area contributed by atoms with E-state index in [1.807, 2.05) is 24.4 Å². The van der Waals surface area contributed by atoms with Crippen molar-refractivity contribution in [3.05, 3.63) is 35.1 Å². The monoisotopic (exact) mass is 335 g/mol. The molecular weight excluding hydrogens is 318 g/mol. The number of anilines is 2. The zero-order chi connectivity index (χ0) is 13.9. The molecule has 1 aromatic heterocycles. The van der Waals surface area contributed by atoms with Gasteiger partial charge in [0, 0.05) is 30.2 Å². The van der Waals surface area contributed by atoms with Crippen LogP contribution in [0.5, 0.6) is 5.75 Å². The van der Waals surface area contributed by atoms with Crippen LogP contribution in [-0.2, 0) is 0 Å². The normalized spacial score (nSPS) is 15.5. The first-order valence-electron chi connectivity index (χ1n) is 6.91. The lowest BCUT2D eigenvalue weighted by Gasteiger charge is -2.16. The number of nitrogens with one attached hydrogen (secondary N) is 1. The van der Waals surface area contributed by atoms with Crippen molar-refractivity contribution in [1.29, 1.82) is 0 Å². The Bertz CT molecular complexity index is 591. The molecule has 0 unspecified atom stereocenters. The number of hydrogen-bond acceptors (Lipinski definition) is 3. The van der Waals surface area contributed by atoms with Gasteiger partial charge in [-0.1, -0.05) is 12.8 Å². The molecule has 0 spiro atoms. The SMILES string of the molecule is COc1cc(Nc2nccn2C2CCCC2)ccc1Br. The molecular formula is C15H18BrN3O. The first-order chi connectivity index (χ1) is 9.78. The van der Waals surface area contributed by atoms with Crippen LogP contribution in [-0.4, -0.2) is 16.7 Å². The zero-order valence-corrected chi connectivity index (χ0v) is 13.1. The molecule has 0 aliphatic heterocycles. The van der Waals surface area contributed by atoms with Crippen LogP contribution in [0.1, 0.15) is 31.7 Å². The Balaban J connectivity index is 1.82. The summed E-state index contributed by atoms with van der Waals surface area (Å²) in [5, 5.41) is 3.38. The Labute approximate surface area is 127 Å². The third-order valence-electron chi connectivity index (χ3n) is 3.79. The maximum Gasteiger partial charge on any atom is 0.207 e. The second-order valence-electron chi connectivity index (χ2n) is 5.07. The Kier molecular flexibility index (Phi) is 3.96. The minimum Gasteiger partial charge on any atom is -0.495 e. The lowest BCUT2D eigenvalue weighted by molar-refractivity contribution is 0.412. The molecule has 0 amide bonds. The molecule has 1 saturated carbocycles. The van der Waals surface area contributed by atoms with Gasteiger partial charge in [0.05, 0.1) is 11.6 Å². The number of ether oxygens (including phenoxy) is 1. The van der Waals surface area contributed by atoms with E-state index >= 15 is 0 Å². The highest BCUT2D eigenvalue weighted by atomic mass is 79.9. The Hall–Kier alpha value is -1.49. The van der Waals surface area contributed by atoms with Gasteiger partial charge in [-0.15, -0.1) is 0 Å². The Morgan fingerprint density at radius 2 is 2.15 bits per heavy atom. The first kappa shape index (κ1) is 13.5. The van der Waals surface area contributed by atoms with Crippen molar-refractivity contribution >= 4 is 27.6 Å². The summed E-state index contributed by atoms with van der Waals surface area (Å²) in [6, 6.07) is 6.54. The Morgan fingerprint density at radius 1 is 1.35 bits per heavy atom. The standard InChI is InChI=1S/C15H18BrN3O/c1-20-14-10-11(6-7-13(14)16)18-15-17-8-9-19(15)12-4-2-3-5-12/h6-10,12H,2-5H2,1H3,(H,17,18). The van der Waals surface area contributed by atoms with Gasteiger partial charge in [-0.05, 0) is 40.9 Å². The second-order valence-corrected chi connectivity index (χ2v) is 5.93. The number of benzene rings is 1. The van der Waals surface area contributed by atoms with E-state index in [0.29, 0.717) is 6.04 Å². The van der Waals surface area contributed by atoms with Gasteiger partial charge in [0.25, 0.3) is 0 Å². The molecule has 0 bridgehead atoms. The molecule has 1 aromatic carbocycles. The van der Waals surface area contributed by atoms with Crippen molar-refractivity contribution in [2.75, 3.05) is 12.4 Å². The molecule has 1 heterocycles. The van der Waals surface area contributed by atoms with Gasteiger partial charge in [0.15, 0.2) is 0 Å². The van der Waals surface area contributed by atoms with E-state index < -0.39 is 0 Å².